The van der Waals surface area contributed by atoms with Gasteiger partial charge in [0.15, 0.2) is 0 Å². The number of rotatable bonds is 8. The minimum Gasteiger partial charge on any atom is -0.339 e. The Hall–Kier alpha value is -3.21. The van der Waals surface area contributed by atoms with E-state index in [0.717, 1.165) is 24.0 Å². The number of nitrogens with zero attached hydrogens (tertiary/aromatic N) is 2. The summed E-state index contributed by atoms with van der Waals surface area (Å²) in [6.45, 7) is 12.9. The van der Waals surface area contributed by atoms with Crippen LogP contribution in [0.4, 0.5) is 5.82 Å². The number of amides is 2. The molecule has 2 heterocycles. The van der Waals surface area contributed by atoms with Crippen molar-refractivity contribution in [2.24, 2.45) is 5.92 Å². The smallest absolute Gasteiger partial charge is 0.246 e. The largest absolute Gasteiger partial charge is 0.339 e. The summed E-state index contributed by atoms with van der Waals surface area (Å²) >= 11 is 0. The van der Waals surface area contributed by atoms with Crippen LogP contribution in [0.25, 0.3) is 6.08 Å². The maximum atomic E-state index is 12.6. The van der Waals surface area contributed by atoms with Crippen LogP contribution in [0.15, 0.2) is 73.0 Å². The number of hydrogen-bond donors (Lipinski definition) is 1. The van der Waals surface area contributed by atoms with E-state index in [1.807, 2.05) is 37.0 Å². The molecular formula is C25H31N3O2. The Morgan fingerprint density at radius 2 is 2.07 bits per heavy atom. The third-order valence-electron chi connectivity index (χ3n) is 4.71. The van der Waals surface area contributed by atoms with Crippen molar-refractivity contribution in [1.82, 2.24) is 9.88 Å². The van der Waals surface area contributed by atoms with E-state index < -0.39 is 0 Å². The summed E-state index contributed by atoms with van der Waals surface area (Å²) in [5.74, 6) is 0.741. The van der Waals surface area contributed by atoms with Gasteiger partial charge in [-0.2, -0.15) is 0 Å². The summed E-state index contributed by atoms with van der Waals surface area (Å²) in [5, 5.41) is 2.78. The fourth-order valence-corrected chi connectivity index (χ4v) is 3.20. The van der Waals surface area contributed by atoms with Gasteiger partial charge in [0.25, 0.3) is 0 Å². The van der Waals surface area contributed by atoms with Gasteiger partial charge in [-0.1, -0.05) is 51.3 Å². The van der Waals surface area contributed by atoms with E-state index in [9.17, 15) is 9.59 Å². The predicted octanol–water partition coefficient (Wildman–Crippen LogP) is 4.93. The number of hydrogen-bond acceptors (Lipinski definition) is 3. The summed E-state index contributed by atoms with van der Waals surface area (Å²) < 4.78 is 0. The van der Waals surface area contributed by atoms with Gasteiger partial charge in [0, 0.05) is 31.8 Å². The second kappa shape index (κ2) is 11.7. The minimum absolute atomic E-state index is 0.0215. The van der Waals surface area contributed by atoms with Gasteiger partial charge in [0.1, 0.15) is 5.82 Å². The van der Waals surface area contributed by atoms with Crippen molar-refractivity contribution in [3.05, 3.63) is 78.6 Å². The summed E-state index contributed by atoms with van der Waals surface area (Å²) in [6.07, 6.45) is 14.7. The molecule has 30 heavy (non-hydrogen) atoms. The van der Waals surface area contributed by atoms with Gasteiger partial charge in [-0.3, -0.25) is 9.59 Å². The van der Waals surface area contributed by atoms with Crippen molar-refractivity contribution in [2.75, 3.05) is 18.4 Å². The van der Waals surface area contributed by atoms with Crippen LogP contribution in [-0.2, 0) is 9.59 Å². The van der Waals surface area contributed by atoms with Gasteiger partial charge >= 0.3 is 0 Å². The molecule has 1 aromatic heterocycles. The van der Waals surface area contributed by atoms with E-state index in [-0.39, 0.29) is 11.8 Å². The van der Waals surface area contributed by atoms with E-state index in [2.05, 4.69) is 29.5 Å². The van der Waals surface area contributed by atoms with Crippen LogP contribution >= 0.6 is 0 Å². The summed E-state index contributed by atoms with van der Waals surface area (Å²) in [6, 6.07) is 3.58. The molecule has 0 spiro atoms. The first-order valence-corrected chi connectivity index (χ1v) is 10.3. The third-order valence-corrected chi connectivity index (χ3v) is 4.71. The zero-order chi connectivity index (χ0) is 21.9. The van der Waals surface area contributed by atoms with Gasteiger partial charge in [-0.25, -0.2) is 4.98 Å². The monoisotopic (exact) mass is 405 g/mol. The number of pyridine rings is 1. The van der Waals surface area contributed by atoms with Crippen LogP contribution in [0.3, 0.4) is 0 Å². The first-order valence-electron chi connectivity index (χ1n) is 10.3. The number of aromatic nitrogens is 1. The van der Waals surface area contributed by atoms with E-state index >= 15 is 0 Å². The van der Waals surface area contributed by atoms with Crippen molar-refractivity contribution in [1.29, 1.82) is 0 Å². The number of anilines is 1. The molecule has 0 atom stereocenters. The van der Waals surface area contributed by atoms with Crippen LogP contribution in [0, 0.1) is 5.92 Å². The van der Waals surface area contributed by atoms with Crippen molar-refractivity contribution >= 4 is 23.7 Å². The molecular weight excluding hydrogens is 374 g/mol. The molecule has 0 bridgehead atoms. The van der Waals surface area contributed by atoms with E-state index in [1.165, 1.54) is 5.57 Å². The first kappa shape index (κ1) is 23.1. The number of carbonyl (C=O) groups excluding carboxylic acids is 2. The van der Waals surface area contributed by atoms with Crippen LogP contribution in [0.2, 0.25) is 0 Å². The highest BCUT2D eigenvalue weighted by molar-refractivity contribution is 5.92. The van der Waals surface area contributed by atoms with Gasteiger partial charge in [-0.15, -0.1) is 0 Å². The Bertz CT molecular complexity index is 861. The fourth-order valence-electron chi connectivity index (χ4n) is 3.20. The average molecular weight is 406 g/mol. The van der Waals surface area contributed by atoms with E-state index in [4.69, 9.17) is 0 Å². The molecule has 1 N–H and O–H groups in total. The molecule has 5 heteroatoms. The molecule has 2 rings (SSSR count). The molecule has 0 saturated carbocycles. The van der Waals surface area contributed by atoms with Crippen molar-refractivity contribution in [2.45, 2.75) is 33.1 Å². The van der Waals surface area contributed by atoms with E-state index in [1.54, 1.807) is 30.5 Å². The molecule has 5 nitrogen and oxygen atoms in total. The molecule has 1 aromatic rings. The molecule has 0 unspecified atom stereocenters. The molecule has 0 aliphatic carbocycles. The van der Waals surface area contributed by atoms with Crippen LogP contribution in [-0.4, -0.2) is 34.8 Å². The summed E-state index contributed by atoms with van der Waals surface area (Å²) in [4.78, 5) is 30.5. The zero-order valence-electron chi connectivity index (χ0n) is 17.9. The third kappa shape index (κ3) is 7.32. The van der Waals surface area contributed by atoms with Crippen LogP contribution in [0.5, 0.6) is 0 Å². The molecule has 1 aliphatic rings. The Labute approximate surface area is 179 Å². The molecule has 0 fully saturated rings. The normalized spacial score (nSPS) is 15.0. The maximum Gasteiger partial charge on any atom is 0.246 e. The summed E-state index contributed by atoms with van der Waals surface area (Å²) in [7, 11) is 0. The standard InChI is InChI=1S/C25H31N3O2/c1-5-8-21(6-2)22-9-7-15-28(16-14-22)25(30)13-11-20-10-12-23(26-18-20)27-24(29)17-19(3)4/h5-6,8-13,18-19H,1-2,7,14-17H2,3-4H3,(H,26,27,29)/b13-11+,21-8+. The number of nitrogens with one attached hydrogen (secondary N) is 1. The highest BCUT2D eigenvalue weighted by Gasteiger charge is 2.15. The Balaban J connectivity index is 1.91. The zero-order valence-corrected chi connectivity index (χ0v) is 17.9. The van der Waals surface area contributed by atoms with Gasteiger partial charge in [0.2, 0.25) is 11.8 Å². The molecule has 2 amide bonds. The number of carbonyl (C=O) groups is 2. The second-order valence-electron chi connectivity index (χ2n) is 7.61. The predicted molar refractivity (Wildman–Crippen MR) is 124 cm³/mol. The van der Waals surface area contributed by atoms with Crippen molar-refractivity contribution < 1.29 is 9.59 Å². The minimum atomic E-state index is -0.0485. The molecule has 0 saturated heterocycles. The van der Waals surface area contributed by atoms with Gasteiger partial charge in [-0.05, 0) is 53.7 Å². The molecule has 158 valence electrons. The highest BCUT2D eigenvalue weighted by Crippen LogP contribution is 2.20. The van der Waals surface area contributed by atoms with Gasteiger partial charge in [0.05, 0.1) is 0 Å². The Kier molecular flexibility index (Phi) is 9.01. The SMILES string of the molecule is C=C/C=C(\C=C)C1=CCCN(C(=O)/C=C/c2ccc(NC(=O)CC(C)C)nc2)CC1. The molecule has 0 aromatic carbocycles. The average Bonchev–Trinajstić information content (AvgIpc) is 2.97. The topological polar surface area (TPSA) is 62.3 Å². The lowest BCUT2D eigenvalue weighted by Gasteiger charge is -2.18. The lowest BCUT2D eigenvalue weighted by Crippen LogP contribution is -2.30. The van der Waals surface area contributed by atoms with E-state index in [0.29, 0.717) is 31.2 Å². The van der Waals surface area contributed by atoms with Crippen molar-refractivity contribution in [3.8, 4) is 0 Å². The Morgan fingerprint density at radius 1 is 1.27 bits per heavy atom. The molecule has 1 aliphatic heterocycles. The van der Waals surface area contributed by atoms with Crippen molar-refractivity contribution in [3.63, 3.8) is 0 Å². The fraction of sp³-hybridized carbons (Fsp3) is 0.320. The first-order chi connectivity index (χ1) is 14.4. The van der Waals surface area contributed by atoms with Gasteiger partial charge < -0.3 is 10.2 Å². The van der Waals surface area contributed by atoms with Crippen LogP contribution in [0.1, 0.15) is 38.7 Å². The quantitative estimate of drug-likeness (QED) is 0.493. The highest BCUT2D eigenvalue weighted by atomic mass is 16.2. The number of allylic oxidation sites excluding steroid dienone is 4. The second-order valence-corrected chi connectivity index (χ2v) is 7.61. The Morgan fingerprint density at radius 3 is 2.70 bits per heavy atom. The lowest BCUT2D eigenvalue weighted by molar-refractivity contribution is -0.125. The lowest BCUT2D eigenvalue weighted by atomic mass is 10.0. The summed E-state index contributed by atoms with van der Waals surface area (Å²) in [5.41, 5.74) is 3.06. The maximum absolute atomic E-state index is 12.6. The molecule has 0 radical (unpaired) electrons. The van der Waals surface area contributed by atoms with Crippen LogP contribution < -0.4 is 5.32 Å².